The second kappa shape index (κ2) is 9.35. The molecule has 5 nitrogen and oxygen atoms in total. The van der Waals surface area contributed by atoms with Gasteiger partial charge in [-0.25, -0.2) is 8.42 Å². The summed E-state index contributed by atoms with van der Waals surface area (Å²) in [5, 5.41) is 3.19. The van der Waals surface area contributed by atoms with Crippen molar-refractivity contribution in [2.45, 2.75) is 24.3 Å². The Hall–Kier alpha value is -1.89. The van der Waals surface area contributed by atoms with Crippen LogP contribution < -0.4 is 5.32 Å². The average molecular weight is 409 g/mol. The number of rotatable bonds is 8. The molecule has 1 amide bonds. The Kier molecular flexibility index (Phi) is 7.41. The molecule has 0 heterocycles. The fraction of sp³-hybridized carbons (Fsp3) is 0.350. The SMILES string of the molecule is CCc1ccc(C(CNC(=O)CS(=O)(=O)c2ccc(Cl)cc2)N(C)C)cc1. The molecule has 0 aliphatic rings. The summed E-state index contributed by atoms with van der Waals surface area (Å²) in [6.45, 7) is 2.42. The summed E-state index contributed by atoms with van der Waals surface area (Å²) in [5.74, 6) is -1.12. The highest BCUT2D eigenvalue weighted by atomic mass is 35.5. The fourth-order valence-electron chi connectivity index (χ4n) is 2.73. The van der Waals surface area contributed by atoms with Gasteiger partial charge >= 0.3 is 0 Å². The minimum atomic E-state index is -3.70. The van der Waals surface area contributed by atoms with Gasteiger partial charge in [0.15, 0.2) is 9.84 Å². The predicted octanol–water partition coefficient (Wildman–Crippen LogP) is 3.10. The molecule has 0 bridgehead atoms. The minimum Gasteiger partial charge on any atom is -0.353 e. The lowest BCUT2D eigenvalue weighted by atomic mass is 10.0. The highest BCUT2D eigenvalue weighted by molar-refractivity contribution is 7.92. The van der Waals surface area contributed by atoms with Crippen molar-refractivity contribution >= 4 is 27.3 Å². The van der Waals surface area contributed by atoms with Crippen molar-refractivity contribution < 1.29 is 13.2 Å². The quantitative estimate of drug-likeness (QED) is 0.728. The number of sulfone groups is 1. The van der Waals surface area contributed by atoms with Gasteiger partial charge in [-0.3, -0.25) is 4.79 Å². The normalized spacial score (nSPS) is 12.8. The van der Waals surface area contributed by atoms with E-state index < -0.39 is 21.5 Å². The number of nitrogens with zero attached hydrogens (tertiary/aromatic N) is 1. The van der Waals surface area contributed by atoms with Gasteiger partial charge in [0, 0.05) is 11.6 Å². The van der Waals surface area contributed by atoms with Gasteiger partial charge < -0.3 is 10.2 Å². The Morgan fingerprint density at radius 3 is 2.19 bits per heavy atom. The van der Waals surface area contributed by atoms with Crippen LogP contribution in [0, 0.1) is 0 Å². The lowest BCUT2D eigenvalue weighted by molar-refractivity contribution is -0.118. The second-order valence-electron chi connectivity index (χ2n) is 6.59. The van der Waals surface area contributed by atoms with Crippen molar-refractivity contribution in [2.24, 2.45) is 0 Å². The number of likely N-dealkylation sites (N-methyl/N-ethyl adjacent to an activating group) is 1. The van der Waals surface area contributed by atoms with E-state index in [1.807, 2.05) is 31.1 Å². The second-order valence-corrected chi connectivity index (χ2v) is 9.02. The summed E-state index contributed by atoms with van der Waals surface area (Å²) >= 11 is 5.78. The number of amides is 1. The molecule has 2 aromatic rings. The van der Waals surface area contributed by atoms with Crippen molar-refractivity contribution in [1.82, 2.24) is 10.2 Å². The van der Waals surface area contributed by atoms with Crippen LogP contribution in [0.25, 0.3) is 0 Å². The van der Waals surface area contributed by atoms with Gasteiger partial charge in [0.1, 0.15) is 5.75 Å². The smallest absolute Gasteiger partial charge is 0.235 e. The number of halogens is 1. The Morgan fingerprint density at radius 2 is 1.67 bits per heavy atom. The van der Waals surface area contributed by atoms with E-state index in [1.54, 1.807) is 0 Å². The molecular weight excluding hydrogens is 384 g/mol. The van der Waals surface area contributed by atoms with Crippen LogP contribution in [-0.4, -0.2) is 45.6 Å². The van der Waals surface area contributed by atoms with Crippen LogP contribution in [0.1, 0.15) is 24.1 Å². The predicted molar refractivity (Wildman–Crippen MR) is 109 cm³/mol. The number of hydrogen-bond acceptors (Lipinski definition) is 4. The van der Waals surface area contributed by atoms with Gasteiger partial charge in [-0.05, 0) is 55.9 Å². The monoisotopic (exact) mass is 408 g/mol. The van der Waals surface area contributed by atoms with E-state index in [-0.39, 0.29) is 10.9 Å². The minimum absolute atomic E-state index is 0.0434. The van der Waals surface area contributed by atoms with Gasteiger partial charge in [0.05, 0.1) is 10.9 Å². The van der Waals surface area contributed by atoms with Crippen LogP contribution in [0.5, 0.6) is 0 Å². The van der Waals surface area contributed by atoms with Gasteiger partial charge in [-0.1, -0.05) is 42.8 Å². The summed E-state index contributed by atoms with van der Waals surface area (Å²) in [6, 6.07) is 14.0. The number of hydrogen-bond donors (Lipinski definition) is 1. The highest BCUT2D eigenvalue weighted by Gasteiger charge is 2.21. The van der Waals surface area contributed by atoms with Crippen molar-refractivity contribution in [3.63, 3.8) is 0 Å². The van der Waals surface area contributed by atoms with Gasteiger partial charge in [-0.15, -0.1) is 0 Å². The zero-order chi connectivity index (χ0) is 20.0. The molecule has 0 aromatic heterocycles. The summed E-state index contributed by atoms with van der Waals surface area (Å²) in [6.07, 6.45) is 0.964. The molecule has 0 fully saturated rings. The van der Waals surface area contributed by atoms with Crippen molar-refractivity contribution in [2.75, 3.05) is 26.4 Å². The summed E-state index contributed by atoms with van der Waals surface area (Å²) in [5.41, 5.74) is 2.31. The maximum absolute atomic E-state index is 12.4. The molecule has 0 saturated heterocycles. The molecule has 0 saturated carbocycles. The summed E-state index contributed by atoms with van der Waals surface area (Å²) in [4.78, 5) is 14.3. The largest absolute Gasteiger partial charge is 0.353 e. The average Bonchev–Trinajstić information content (AvgIpc) is 2.62. The Bertz CT molecular complexity index is 863. The first-order chi connectivity index (χ1) is 12.7. The number of aryl methyl sites for hydroxylation is 1. The molecule has 1 N–H and O–H groups in total. The maximum Gasteiger partial charge on any atom is 0.235 e. The third kappa shape index (κ3) is 6.06. The molecule has 0 radical (unpaired) electrons. The first-order valence-corrected chi connectivity index (χ1v) is 10.8. The molecule has 2 rings (SSSR count). The molecule has 0 aliphatic heterocycles. The Morgan fingerprint density at radius 1 is 1.07 bits per heavy atom. The van der Waals surface area contributed by atoms with Crippen molar-refractivity contribution in [1.29, 1.82) is 0 Å². The van der Waals surface area contributed by atoms with Crippen LogP contribution in [0.3, 0.4) is 0 Å². The van der Waals surface area contributed by atoms with E-state index >= 15 is 0 Å². The molecule has 27 heavy (non-hydrogen) atoms. The summed E-state index contributed by atoms with van der Waals surface area (Å²) < 4.78 is 24.7. The maximum atomic E-state index is 12.4. The zero-order valence-corrected chi connectivity index (χ0v) is 17.3. The van der Waals surface area contributed by atoms with Crippen LogP contribution in [0.4, 0.5) is 0 Å². The lowest BCUT2D eigenvalue weighted by Crippen LogP contribution is -2.37. The topological polar surface area (TPSA) is 66.5 Å². The molecule has 2 aromatic carbocycles. The molecule has 0 aliphatic carbocycles. The van der Waals surface area contributed by atoms with Gasteiger partial charge in [-0.2, -0.15) is 0 Å². The Labute approximate surface area is 166 Å². The molecule has 1 unspecified atom stereocenters. The van der Waals surface area contributed by atoms with E-state index in [0.717, 1.165) is 12.0 Å². The third-order valence-corrected chi connectivity index (χ3v) is 6.27. The first kappa shape index (κ1) is 21.4. The number of carbonyl (C=O) groups excluding carboxylic acids is 1. The van der Waals surface area contributed by atoms with E-state index in [0.29, 0.717) is 11.6 Å². The van der Waals surface area contributed by atoms with Crippen LogP contribution >= 0.6 is 11.6 Å². The first-order valence-electron chi connectivity index (χ1n) is 8.73. The summed E-state index contributed by atoms with van der Waals surface area (Å²) in [7, 11) is 0.149. The van der Waals surface area contributed by atoms with Crippen LogP contribution in [0.2, 0.25) is 5.02 Å². The van der Waals surface area contributed by atoms with Crippen LogP contribution in [-0.2, 0) is 21.1 Å². The van der Waals surface area contributed by atoms with Crippen LogP contribution in [0.15, 0.2) is 53.4 Å². The Balaban J connectivity index is 2.01. The number of carbonyl (C=O) groups is 1. The molecule has 7 heteroatoms. The third-order valence-electron chi connectivity index (χ3n) is 4.38. The zero-order valence-electron chi connectivity index (χ0n) is 15.8. The van der Waals surface area contributed by atoms with Gasteiger partial charge in [0.25, 0.3) is 0 Å². The molecular formula is C20H25ClN2O3S. The highest BCUT2D eigenvalue weighted by Crippen LogP contribution is 2.19. The van der Waals surface area contributed by atoms with E-state index in [2.05, 4.69) is 24.4 Å². The standard InChI is InChI=1S/C20H25ClN2O3S/c1-4-15-5-7-16(8-6-15)19(23(2)3)13-22-20(24)14-27(25,26)18-11-9-17(21)10-12-18/h5-12,19H,4,13-14H2,1-3H3,(H,22,24). The van der Waals surface area contributed by atoms with E-state index in [9.17, 15) is 13.2 Å². The molecule has 1 atom stereocenters. The number of benzene rings is 2. The fourth-order valence-corrected chi connectivity index (χ4v) is 4.02. The van der Waals surface area contributed by atoms with E-state index in [4.69, 9.17) is 11.6 Å². The van der Waals surface area contributed by atoms with Gasteiger partial charge in [0.2, 0.25) is 5.91 Å². The van der Waals surface area contributed by atoms with Crippen molar-refractivity contribution in [3.8, 4) is 0 Å². The van der Waals surface area contributed by atoms with Crippen molar-refractivity contribution in [3.05, 3.63) is 64.7 Å². The molecule has 0 spiro atoms. The molecule has 146 valence electrons. The number of nitrogens with one attached hydrogen (secondary N) is 1. The lowest BCUT2D eigenvalue weighted by Gasteiger charge is -2.25. The van der Waals surface area contributed by atoms with E-state index in [1.165, 1.54) is 29.8 Å².